The first-order chi connectivity index (χ1) is 16.6. The van der Waals surface area contributed by atoms with Crippen LogP contribution in [0, 0.1) is 5.92 Å². The SMILES string of the molecule is CNC1(c2ccccc2)CCC2(CC1)CN(CC(=O)CNC(C)(C)C(N)=O)C(=O)N2CC1CCC1. The van der Waals surface area contributed by atoms with Crippen molar-refractivity contribution < 1.29 is 14.4 Å². The first kappa shape index (κ1) is 25.6. The fourth-order valence-electron chi connectivity index (χ4n) is 5.90. The van der Waals surface area contributed by atoms with Crippen molar-refractivity contribution in [3.05, 3.63) is 35.9 Å². The van der Waals surface area contributed by atoms with Crippen molar-refractivity contribution in [3.63, 3.8) is 0 Å². The molecule has 4 N–H and O–H groups in total. The van der Waals surface area contributed by atoms with Crippen LogP contribution < -0.4 is 16.4 Å². The fraction of sp³-hybridized carbons (Fsp3) is 0.667. The van der Waals surface area contributed by atoms with Crippen LogP contribution in [0.1, 0.15) is 64.4 Å². The second-order valence-electron chi connectivity index (χ2n) is 11.4. The van der Waals surface area contributed by atoms with Gasteiger partial charge < -0.3 is 20.9 Å². The van der Waals surface area contributed by atoms with E-state index in [1.807, 2.05) is 13.1 Å². The van der Waals surface area contributed by atoms with E-state index in [9.17, 15) is 14.4 Å². The molecule has 2 aliphatic carbocycles. The highest BCUT2D eigenvalue weighted by Crippen LogP contribution is 2.47. The first-order valence-corrected chi connectivity index (χ1v) is 13.0. The van der Waals surface area contributed by atoms with Crippen LogP contribution in [0.3, 0.4) is 0 Å². The molecular formula is C27H41N5O3. The molecule has 1 aromatic rings. The maximum atomic E-state index is 13.6. The number of ketones is 1. The summed E-state index contributed by atoms with van der Waals surface area (Å²) in [6, 6.07) is 10.6. The lowest BCUT2D eigenvalue weighted by molar-refractivity contribution is -0.124. The van der Waals surface area contributed by atoms with E-state index >= 15 is 0 Å². The number of nitrogens with two attached hydrogens (primary N) is 1. The molecular weight excluding hydrogens is 442 g/mol. The highest BCUT2D eigenvalue weighted by molar-refractivity contribution is 5.89. The molecule has 35 heavy (non-hydrogen) atoms. The van der Waals surface area contributed by atoms with Crippen molar-refractivity contribution in [1.82, 2.24) is 20.4 Å². The van der Waals surface area contributed by atoms with Gasteiger partial charge >= 0.3 is 6.03 Å². The minimum absolute atomic E-state index is 0.00617. The summed E-state index contributed by atoms with van der Waals surface area (Å²) in [4.78, 5) is 41.8. The van der Waals surface area contributed by atoms with Crippen LogP contribution in [0.2, 0.25) is 0 Å². The Bertz CT molecular complexity index is 935. The third-order valence-electron chi connectivity index (χ3n) is 8.77. The van der Waals surface area contributed by atoms with Gasteiger partial charge in [0.15, 0.2) is 5.78 Å². The van der Waals surface area contributed by atoms with Gasteiger partial charge in [-0.1, -0.05) is 36.8 Å². The number of carbonyl (C=O) groups excluding carboxylic acids is 3. The number of hydrogen-bond acceptors (Lipinski definition) is 5. The standard InChI is InChI=1S/C27H41N5O3/c1-25(2,23(28)34)30-16-22(33)18-31-19-26(32(24(31)35)17-20-8-7-9-20)12-14-27(29-3,15-13-26)21-10-5-4-6-11-21/h4-6,10-11,20,29-30H,7-9,12-19H2,1-3H3,(H2,28,34). The summed E-state index contributed by atoms with van der Waals surface area (Å²) in [6.45, 7) is 4.74. The van der Waals surface area contributed by atoms with E-state index < -0.39 is 11.4 Å². The van der Waals surface area contributed by atoms with Crippen LogP contribution >= 0.6 is 0 Å². The van der Waals surface area contributed by atoms with E-state index in [2.05, 4.69) is 39.8 Å². The van der Waals surface area contributed by atoms with Crippen LogP contribution in [-0.2, 0) is 15.1 Å². The molecule has 1 aliphatic heterocycles. The number of nitrogens with zero attached hydrogens (tertiary/aromatic N) is 2. The van der Waals surface area contributed by atoms with Crippen LogP contribution in [0.25, 0.3) is 0 Å². The van der Waals surface area contributed by atoms with Crippen molar-refractivity contribution in [3.8, 4) is 0 Å². The average molecular weight is 484 g/mol. The Labute approximate surface area is 209 Å². The van der Waals surface area contributed by atoms with Gasteiger partial charge in [-0.15, -0.1) is 0 Å². The van der Waals surface area contributed by atoms with Gasteiger partial charge in [0.2, 0.25) is 5.91 Å². The number of hydrogen-bond donors (Lipinski definition) is 3. The molecule has 8 heteroatoms. The summed E-state index contributed by atoms with van der Waals surface area (Å²) < 4.78 is 0. The number of Topliss-reactive ketones (excluding diaryl/α,β-unsaturated/α-hetero) is 1. The Balaban J connectivity index is 1.47. The molecule has 0 atom stereocenters. The quantitative estimate of drug-likeness (QED) is 0.474. The molecule has 192 valence electrons. The summed E-state index contributed by atoms with van der Waals surface area (Å²) in [5, 5.41) is 6.53. The fourth-order valence-corrected chi connectivity index (χ4v) is 5.90. The van der Waals surface area contributed by atoms with E-state index in [1.165, 1.54) is 24.8 Å². The van der Waals surface area contributed by atoms with E-state index in [0.717, 1.165) is 32.2 Å². The third kappa shape index (κ3) is 5.09. The van der Waals surface area contributed by atoms with E-state index in [1.54, 1.807) is 18.7 Å². The second-order valence-corrected chi connectivity index (χ2v) is 11.4. The Morgan fingerprint density at radius 1 is 1.11 bits per heavy atom. The highest BCUT2D eigenvalue weighted by atomic mass is 16.2. The number of rotatable bonds is 10. The molecule has 3 amide bonds. The minimum atomic E-state index is -0.973. The predicted molar refractivity (Wildman–Crippen MR) is 136 cm³/mol. The molecule has 2 saturated carbocycles. The monoisotopic (exact) mass is 483 g/mol. The summed E-state index contributed by atoms with van der Waals surface area (Å²) in [7, 11) is 2.03. The van der Waals surface area contributed by atoms with Gasteiger partial charge in [0, 0.05) is 18.6 Å². The Morgan fingerprint density at radius 3 is 2.31 bits per heavy atom. The van der Waals surface area contributed by atoms with E-state index in [4.69, 9.17) is 5.73 Å². The van der Waals surface area contributed by atoms with Gasteiger partial charge in [-0.25, -0.2) is 4.79 Å². The zero-order chi connectivity index (χ0) is 25.3. The molecule has 0 aromatic heterocycles. The van der Waals surface area contributed by atoms with Gasteiger partial charge in [0.1, 0.15) is 0 Å². The van der Waals surface area contributed by atoms with Gasteiger partial charge in [0.25, 0.3) is 0 Å². The molecule has 8 nitrogen and oxygen atoms in total. The third-order valence-corrected chi connectivity index (χ3v) is 8.77. The van der Waals surface area contributed by atoms with Crippen LogP contribution in [-0.4, -0.2) is 71.8 Å². The zero-order valence-corrected chi connectivity index (χ0v) is 21.4. The van der Waals surface area contributed by atoms with Gasteiger partial charge in [0.05, 0.1) is 24.2 Å². The van der Waals surface area contributed by atoms with Crippen molar-refractivity contribution in [2.45, 2.75) is 75.4 Å². The Hall–Kier alpha value is -2.45. The van der Waals surface area contributed by atoms with Gasteiger partial charge in [-0.3, -0.25) is 14.9 Å². The minimum Gasteiger partial charge on any atom is -0.368 e. The average Bonchev–Trinajstić information content (AvgIpc) is 3.06. The highest BCUT2D eigenvalue weighted by Gasteiger charge is 2.54. The molecule has 0 bridgehead atoms. The molecule has 3 aliphatic rings. The number of carbonyl (C=O) groups is 3. The summed E-state index contributed by atoms with van der Waals surface area (Å²) >= 11 is 0. The van der Waals surface area contributed by atoms with Crippen LogP contribution in [0.5, 0.6) is 0 Å². The first-order valence-electron chi connectivity index (χ1n) is 13.0. The largest absolute Gasteiger partial charge is 0.368 e. The molecule has 1 spiro atoms. The van der Waals surface area contributed by atoms with Crippen molar-refractivity contribution >= 4 is 17.7 Å². The van der Waals surface area contributed by atoms with Crippen LogP contribution in [0.4, 0.5) is 4.79 Å². The normalized spacial score (nSPS) is 27.3. The molecule has 0 radical (unpaired) electrons. The lowest BCUT2D eigenvalue weighted by Gasteiger charge is -2.49. The molecule has 0 unspecified atom stereocenters. The molecule has 3 fully saturated rings. The molecule has 1 saturated heterocycles. The molecule has 1 heterocycles. The van der Waals surface area contributed by atoms with Gasteiger partial charge in [-0.2, -0.15) is 0 Å². The maximum Gasteiger partial charge on any atom is 0.321 e. The predicted octanol–water partition coefficient (Wildman–Crippen LogP) is 2.37. The van der Waals surface area contributed by atoms with Gasteiger partial charge in [-0.05, 0) is 70.9 Å². The number of amides is 3. The lowest BCUT2D eigenvalue weighted by Crippen LogP contribution is -2.56. The Kier molecular flexibility index (Phi) is 7.25. The van der Waals surface area contributed by atoms with Crippen molar-refractivity contribution in [1.29, 1.82) is 0 Å². The van der Waals surface area contributed by atoms with Crippen molar-refractivity contribution in [2.24, 2.45) is 11.7 Å². The zero-order valence-electron chi connectivity index (χ0n) is 21.4. The molecule has 4 rings (SSSR count). The van der Waals surface area contributed by atoms with Crippen LogP contribution in [0.15, 0.2) is 30.3 Å². The number of primary amides is 1. The second kappa shape index (κ2) is 9.90. The summed E-state index contributed by atoms with van der Waals surface area (Å²) in [5.41, 5.74) is 5.40. The number of benzene rings is 1. The maximum absolute atomic E-state index is 13.6. The lowest BCUT2D eigenvalue weighted by atomic mass is 9.68. The number of nitrogens with one attached hydrogen (secondary N) is 2. The Morgan fingerprint density at radius 2 is 1.77 bits per heavy atom. The smallest absolute Gasteiger partial charge is 0.321 e. The summed E-state index contributed by atoms with van der Waals surface area (Å²) in [5.74, 6) is -0.0607. The van der Waals surface area contributed by atoms with Crippen molar-refractivity contribution in [2.75, 3.05) is 33.2 Å². The summed E-state index contributed by atoms with van der Waals surface area (Å²) in [6.07, 6.45) is 7.28. The molecule has 1 aromatic carbocycles. The topological polar surface area (TPSA) is 108 Å². The van der Waals surface area contributed by atoms with E-state index in [0.29, 0.717) is 12.5 Å². The number of urea groups is 1. The van der Waals surface area contributed by atoms with E-state index in [-0.39, 0.29) is 36.0 Å².